The molecular formula is C18H26N2O3. The van der Waals surface area contributed by atoms with Gasteiger partial charge in [0.1, 0.15) is 0 Å². The number of hydrogen-bond acceptors (Lipinski definition) is 3. The Bertz CT molecular complexity index is 551. The maximum Gasteiger partial charge on any atom is 0.251 e. The highest BCUT2D eigenvalue weighted by Gasteiger charge is 2.29. The molecule has 3 N–H and O–H groups in total. The summed E-state index contributed by atoms with van der Waals surface area (Å²) in [5.74, 6) is 0.103. The summed E-state index contributed by atoms with van der Waals surface area (Å²) in [6, 6.07) is 6.88. The van der Waals surface area contributed by atoms with E-state index in [1.54, 1.807) is 24.3 Å². The van der Waals surface area contributed by atoms with Crippen molar-refractivity contribution in [2.75, 3.05) is 11.9 Å². The van der Waals surface area contributed by atoms with Gasteiger partial charge in [-0.05, 0) is 37.0 Å². The summed E-state index contributed by atoms with van der Waals surface area (Å²) < 4.78 is 0. The van der Waals surface area contributed by atoms with E-state index in [2.05, 4.69) is 10.6 Å². The molecule has 1 aliphatic carbocycles. The van der Waals surface area contributed by atoms with Gasteiger partial charge in [0.05, 0.1) is 6.10 Å². The molecule has 2 amide bonds. The van der Waals surface area contributed by atoms with E-state index in [9.17, 15) is 14.7 Å². The van der Waals surface area contributed by atoms with Gasteiger partial charge >= 0.3 is 0 Å². The van der Waals surface area contributed by atoms with E-state index in [-0.39, 0.29) is 30.2 Å². The van der Waals surface area contributed by atoms with Crippen LogP contribution in [0.25, 0.3) is 0 Å². The Morgan fingerprint density at radius 1 is 1.26 bits per heavy atom. The summed E-state index contributed by atoms with van der Waals surface area (Å²) in [5.41, 5.74) is 1.12. The highest BCUT2D eigenvalue weighted by Crippen LogP contribution is 2.30. The topological polar surface area (TPSA) is 78.4 Å². The number of anilines is 1. The highest BCUT2D eigenvalue weighted by atomic mass is 16.3. The second kappa shape index (κ2) is 8.11. The molecule has 5 nitrogen and oxygen atoms in total. The monoisotopic (exact) mass is 318 g/mol. The molecule has 23 heavy (non-hydrogen) atoms. The number of carbonyl (C=O) groups excluding carboxylic acids is 2. The van der Waals surface area contributed by atoms with E-state index in [4.69, 9.17) is 0 Å². The Balaban J connectivity index is 1.90. The first-order valence-corrected chi connectivity index (χ1v) is 8.42. The average molecular weight is 318 g/mol. The standard InChI is InChI=1S/C18H26N2O3/c1-3-12(4-2)16(21)11-19-17(22)14-6-5-7-15(10-14)20-18(23)13-8-9-13/h5-7,10,12-13,16,21H,3-4,8-9,11H2,1-2H3,(H,19,22)(H,20,23). The molecule has 1 unspecified atom stereocenters. The Labute approximate surface area is 137 Å². The lowest BCUT2D eigenvalue weighted by Gasteiger charge is -2.20. The predicted octanol–water partition coefficient (Wildman–Crippen LogP) is 2.56. The molecule has 126 valence electrons. The van der Waals surface area contributed by atoms with Gasteiger partial charge in [-0.1, -0.05) is 32.8 Å². The van der Waals surface area contributed by atoms with Crippen molar-refractivity contribution in [2.24, 2.45) is 11.8 Å². The number of nitrogens with one attached hydrogen (secondary N) is 2. The number of rotatable bonds is 8. The molecular weight excluding hydrogens is 292 g/mol. The van der Waals surface area contributed by atoms with Gasteiger partial charge in [-0.3, -0.25) is 9.59 Å². The van der Waals surface area contributed by atoms with Crippen LogP contribution >= 0.6 is 0 Å². The molecule has 1 saturated carbocycles. The number of carbonyl (C=O) groups is 2. The molecule has 0 bridgehead atoms. The number of aliphatic hydroxyl groups excluding tert-OH is 1. The van der Waals surface area contributed by atoms with Crippen molar-refractivity contribution in [1.29, 1.82) is 0 Å². The summed E-state index contributed by atoms with van der Waals surface area (Å²) in [6.45, 7) is 4.31. The molecule has 1 fully saturated rings. The van der Waals surface area contributed by atoms with Gasteiger partial charge in [0.15, 0.2) is 0 Å². The van der Waals surface area contributed by atoms with Crippen molar-refractivity contribution >= 4 is 17.5 Å². The van der Waals surface area contributed by atoms with Gasteiger partial charge < -0.3 is 15.7 Å². The first-order chi connectivity index (χ1) is 11.0. The zero-order chi connectivity index (χ0) is 16.8. The van der Waals surface area contributed by atoms with Crippen molar-refractivity contribution < 1.29 is 14.7 Å². The van der Waals surface area contributed by atoms with Crippen molar-refractivity contribution in [3.8, 4) is 0 Å². The Morgan fingerprint density at radius 3 is 2.57 bits per heavy atom. The fourth-order valence-corrected chi connectivity index (χ4v) is 2.63. The Kier molecular flexibility index (Phi) is 6.16. The predicted molar refractivity (Wildman–Crippen MR) is 90.2 cm³/mol. The van der Waals surface area contributed by atoms with Gasteiger partial charge in [0, 0.05) is 23.7 Å². The van der Waals surface area contributed by atoms with Crippen LogP contribution in [0.3, 0.4) is 0 Å². The second-order valence-electron chi connectivity index (χ2n) is 6.20. The van der Waals surface area contributed by atoms with Crippen molar-refractivity contribution in [3.63, 3.8) is 0 Å². The quantitative estimate of drug-likeness (QED) is 0.689. The third-order valence-electron chi connectivity index (χ3n) is 4.41. The molecule has 0 aliphatic heterocycles. The first kappa shape index (κ1) is 17.5. The van der Waals surface area contributed by atoms with Crippen LogP contribution in [0.5, 0.6) is 0 Å². The van der Waals surface area contributed by atoms with Crippen LogP contribution in [-0.2, 0) is 4.79 Å². The minimum absolute atomic E-state index is 0.0201. The third kappa shape index (κ3) is 5.06. The van der Waals surface area contributed by atoms with Crippen molar-refractivity contribution in [3.05, 3.63) is 29.8 Å². The SMILES string of the molecule is CCC(CC)C(O)CNC(=O)c1cccc(NC(=O)C2CC2)c1. The van der Waals surface area contributed by atoms with E-state index in [1.165, 1.54) is 0 Å². The van der Waals surface area contributed by atoms with Crippen LogP contribution in [0, 0.1) is 11.8 Å². The fraction of sp³-hybridized carbons (Fsp3) is 0.556. The molecule has 1 atom stereocenters. The first-order valence-electron chi connectivity index (χ1n) is 8.42. The van der Waals surface area contributed by atoms with Crippen LogP contribution in [0.15, 0.2) is 24.3 Å². The van der Waals surface area contributed by atoms with Gasteiger partial charge in [0.2, 0.25) is 5.91 Å². The minimum Gasteiger partial charge on any atom is -0.391 e. The largest absolute Gasteiger partial charge is 0.391 e. The average Bonchev–Trinajstić information content (AvgIpc) is 3.39. The lowest BCUT2D eigenvalue weighted by Crippen LogP contribution is -2.36. The Morgan fingerprint density at radius 2 is 1.96 bits per heavy atom. The van der Waals surface area contributed by atoms with Crippen molar-refractivity contribution in [2.45, 2.75) is 45.6 Å². The smallest absolute Gasteiger partial charge is 0.251 e. The van der Waals surface area contributed by atoms with Crippen LogP contribution in [0.2, 0.25) is 0 Å². The molecule has 5 heteroatoms. The second-order valence-corrected chi connectivity index (χ2v) is 6.20. The summed E-state index contributed by atoms with van der Waals surface area (Å²) in [7, 11) is 0. The zero-order valence-corrected chi connectivity index (χ0v) is 13.8. The minimum atomic E-state index is -0.535. The van der Waals surface area contributed by atoms with E-state index in [0.717, 1.165) is 25.7 Å². The van der Waals surface area contributed by atoms with Crippen LogP contribution in [0.4, 0.5) is 5.69 Å². The lowest BCUT2D eigenvalue weighted by molar-refractivity contribution is -0.117. The Hall–Kier alpha value is -1.88. The molecule has 1 aliphatic rings. The third-order valence-corrected chi connectivity index (χ3v) is 4.41. The van der Waals surface area contributed by atoms with Crippen LogP contribution in [0.1, 0.15) is 49.9 Å². The van der Waals surface area contributed by atoms with Crippen LogP contribution in [-0.4, -0.2) is 29.6 Å². The fourth-order valence-electron chi connectivity index (χ4n) is 2.63. The molecule has 0 spiro atoms. The molecule has 1 aromatic carbocycles. The summed E-state index contributed by atoms with van der Waals surface area (Å²) in [5, 5.41) is 15.7. The zero-order valence-electron chi connectivity index (χ0n) is 13.8. The number of amides is 2. The molecule has 0 aromatic heterocycles. The summed E-state index contributed by atoms with van der Waals surface area (Å²) in [4.78, 5) is 24.0. The normalized spacial score (nSPS) is 15.3. The van der Waals surface area contributed by atoms with Gasteiger partial charge in [-0.15, -0.1) is 0 Å². The maximum absolute atomic E-state index is 12.2. The van der Waals surface area contributed by atoms with Gasteiger partial charge in [-0.25, -0.2) is 0 Å². The van der Waals surface area contributed by atoms with Gasteiger partial charge in [0.25, 0.3) is 5.91 Å². The molecule has 0 radical (unpaired) electrons. The van der Waals surface area contributed by atoms with Crippen LogP contribution < -0.4 is 10.6 Å². The van der Waals surface area contributed by atoms with E-state index < -0.39 is 6.10 Å². The highest BCUT2D eigenvalue weighted by molar-refractivity contribution is 5.98. The van der Waals surface area contributed by atoms with E-state index in [1.807, 2.05) is 13.8 Å². The molecule has 2 rings (SSSR count). The molecule has 0 heterocycles. The van der Waals surface area contributed by atoms with Crippen molar-refractivity contribution in [1.82, 2.24) is 5.32 Å². The summed E-state index contributed by atoms with van der Waals surface area (Å²) in [6.07, 6.45) is 3.12. The summed E-state index contributed by atoms with van der Waals surface area (Å²) >= 11 is 0. The van der Waals surface area contributed by atoms with E-state index >= 15 is 0 Å². The lowest BCUT2D eigenvalue weighted by atomic mass is 9.96. The van der Waals surface area contributed by atoms with Gasteiger partial charge in [-0.2, -0.15) is 0 Å². The molecule has 1 aromatic rings. The number of hydrogen-bond donors (Lipinski definition) is 3. The number of benzene rings is 1. The number of aliphatic hydroxyl groups is 1. The van der Waals surface area contributed by atoms with E-state index in [0.29, 0.717) is 11.3 Å². The molecule has 0 saturated heterocycles. The maximum atomic E-state index is 12.2.